The van der Waals surface area contributed by atoms with Crippen molar-refractivity contribution in [2.75, 3.05) is 18.5 Å². The highest BCUT2D eigenvalue weighted by Gasteiger charge is 2.15. The van der Waals surface area contributed by atoms with E-state index in [2.05, 4.69) is 28.9 Å². The van der Waals surface area contributed by atoms with E-state index in [9.17, 15) is 4.79 Å². The lowest BCUT2D eigenvalue weighted by molar-refractivity contribution is 0.0691. The smallest absolute Gasteiger partial charge is 0.355 e. The molecule has 2 rings (SSSR count). The van der Waals surface area contributed by atoms with Crippen molar-refractivity contribution in [2.45, 2.75) is 12.8 Å². The number of aromatic carboxylic acids is 1. The summed E-state index contributed by atoms with van der Waals surface area (Å²) in [6.07, 6.45) is 0. The summed E-state index contributed by atoms with van der Waals surface area (Å²) >= 11 is 1.40. The number of nitrogens with zero attached hydrogens (tertiary/aromatic N) is 2. The first-order valence-electron chi connectivity index (χ1n) is 6.03. The van der Waals surface area contributed by atoms with Crippen LogP contribution in [0.1, 0.15) is 28.3 Å². The van der Waals surface area contributed by atoms with Crippen molar-refractivity contribution in [3.05, 3.63) is 46.4 Å². The maximum atomic E-state index is 10.8. The van der Waals surface area contributed by atoms with Gasteiger partial charge >= 0.3 is 5.97 Å². The Kier molecular flexibility index (Phi) is 4.16. The second-order valence-electron chi connectivity index (χ2n) is 4.49. The topological polar surface area (TPSA) is 53.4 Å². The minimum atomic E-state index is -0.967. The molecule has 0 fully saturated rings. The summed E-state index contributed by atoms with van der Waals surface area (Å²) < 4.78 is 0. The molecule has 4 nitrogen and oxygen atoms in total. The van der Waals surface area contributed by atoms with Gasteiger partial charge in [-0.05, 0) is 12.1 Å². The van der Waals surface area contributed by atoms with E-state index in [0.717, 1.165) is 17.2 Å². The summed E-state index contributed by atoms with van der Waals surface area (Å²) in [5, 5.41) is 11.3. The Hall–Kier alpha value is -1.88. The fourth-order valence-electron chi connectivity index (χ4n) is 1.89. The number of para-hydroxylation sites is 1. The van der Waals surface area contributed by atoms with Gasteiger partial charge in [-0.15, -0.1) is 11.3 Å². The molecule has 0 aliphatic heterocycles. The zero-order valence-electron chi connectivity index (χ0n) is 10.9. The van der Waals surface area contributed by atoms with Gasteiger partial charge in [-0.25, -0.2) is 9.78 Å². The first kappa shape index (κ1) is 13.5. The number of anilines is 1. The van der Waals surface area contributed by atoms with E-state index in [-0.39, 0.29) is 11.6 Å². The standard InChI is InChI=1S/C14H16N2O2S/c1-10(13-15-12(9-19-13)14(17)18)8-16(2)11-6-4-3-5-7-11/h3-7,9-10H,8H2,1-2H3,(H,17,18). The van der Waals surface area contributed by atoms with Gasteiger partial charge in [-0.3, -0.25) is 0 Å². The van der Waals surface area contributed by atoms with Crippen LogP contribution in [-0.4, -0.2) is 29.7 Å². The Balaban J connectivity index is 2.04. The predicted octanol–water partition coefficient (Wildman–Crippen LogP) is 3.08. The Morgan fingerprint density at radius 3 is 2.68 bits per heavy atom. The van der Waals surface area contributed by atoms with E-state index in [0.29, 0.717) is 0 Å². The van der Waals surface area contributed by atoms with Crippen molar-refractivity contribution in [3.63, 3.8) is 0 Å². The van der Waals surface area contributed by atoms with Gasteiger partial charge in [0.25, 0.3) is 0 Å². The molecule has 0 aliphatic rings. The van der Waals surface area contributed by atoms with Gasteiger partial charge in [0, 0.05) is 30.6 Å². The average molecular weight is 276 g/mol. The number of rotatable bonds is 5. The molecule has 1 heterocycles. The molecule has 0 spiro atoms. The van der Waals surface area contributed by atoms with Gasteiger partial charge in [0.15, 0.2) is 5.69 Å². The summed E-state index contributed by atoms with van der Waals surface area (Å²) in [5.74, 6) is -0.769. The highest BCUT2D eigenvalue weighted by molar-refractivity contribution is 7.09. The minimum Gasteiger partial charge on any atom is -0.476 e. The number of carboxylic acid groups (broad SMARTS) is 1. The molecule has 2 aromatic rings. The molecule has 0 saturated heterocycles. The molecule has 1 aromatic carbocycles. The molecule has 1 unspecified atom stereocenters. The van der Waals surface area contributed by atoms with Crippen molar-refractivity contribution in [1.29, 1.82) is 0 Å². The molecule has 5 heteroatoms. The van der Waals surface area contributed by atoms with Crippen LogP contribution in [0.5, 0.6) is 0 Å². The van der Waals surface area contributed by atoms with Gasteiger partial charge in [0.1, 0.15) is 0 Å². The Morgan fingerprint density at radius 1 is 1.42 bits per heavy atom. The first-order chi connectivity index (χ1) is 9.08. The van der Waals surface area contributed by atoms with Crippen molar-refractivity contribution in [2.24, 2.45) is 0 Å². The maximum Gasteiger partial charge on any atom is 0.355 e. The van der Waals surface area contributed by atoms with Crippen LogP contribution in [0.4, 0.5) is 5.69 Å². The summed E-state index contributed by atoms with van der Waals surface area (Å²) in [6.45, 7) is 2.86. The second kappa shape index (κ2) is 5.84. The Bertz CT molecular complexity index is 554. The van der Waals surface area contributed by atoms with Gasteiger partial charge in [0.05, 0.1) is 5.01 Å². The fraction of sp³-hybridized carbons (Fsp3) is 0.286. The van der Waals surface area contributed by atoms with E-state index in [1.165, 1.54) is 11.3 Å². The zero-order valence-corrected chi connectivity index (χ0v) is 11.7. The third-order valence-corrected chi connectivity index (χ3v) is 3.98. The predicted molar refractivity (Wildman–Crippen MR) is 77.2 cm³/mol. The lowest BCUT2D eigenvalue weighted by atomic mass is 10.1. The van der Waals surface area contributed by atoms with Gasteiger partial charge in [0.2, 0.25) is 0 Å². The number of carboxylic acids is 1. The van der Waals surface area contributed by atoms with Crippen molar-refractivity contribution < 1.29 is 9.90 Å². The molecule has 0 radical (unpaired) electrons. The number of thiazole rings is 1. The van der Waals surface area contributed by atoms with E-state index in [1.807, 2.05) is 25.2 Å². The number of carbonyl (C=O) groups is 1. The van der Waals surface area contributed by atoms with Gasteiger partial charge in [-0.1, -0.05) is 25.1 Å². The molecule has 1 aromatic heterocycles. The van der Waals surface area contributed by atoms with Crippen LogP contribution in [0, 0.1) is 0 Å². The third kappa shape index (κ3) is 3.32. The fourth-order valence-corrected chi connectivity index (χ4v) is 2.73. The Morgan fingerprint density at radius 2 is 2.11 bits per heavy atom. The quantitative estimate of drug-likeness (QED) is 0.911. The van der Waals surface area contributed by atoms with Crippen molar-refractivity contribution >= 4 is 23.0 Å². The molecular weight excluding hydrogens is 260 g/mol. The number of hydrogen-bond donors (Lipinski definition) is 1. The van der Waals surface area contributed by atoms with Crippen LogP contribution in [0.2, 0.25) is 0 Å². The van der Waals surface area contributed by atoms with Crippen molar-refractivity contribution in [3.8, 4) is 0 Å². The molecule has 0 bridgehead atoms. The summed E-state index contributed by atoms with van der Waals surface area (Å²) in [7, 11) is 2.03. The minimum absolute atomic E-state index is 0.134. The summed E-state index contributed by atoms with van der Waals surface area (Å²) in [6, 6.07) is 10.1. The molecule has 0 aliphatic carbocycles. The summed E-state index contributed by atoms with van der Waals surface area (Å²) in [5.41, 5.74) is 1.28. The van der Waals surface area contributed by atoms with E-state index in [4.69, 9.17) is 5.11 Å². The van der Waals surface area contributed by atoms with Crippen LogP contribution in [0.15, 0.2) is 35.7 Å². The van der Waals surface area contributed by atoms with Crippen molar-refractivity contribution in [1.82, 2.24) is 4.98 Å². The van der Waals surface area contributed by atoms with Gasteiger partial charge < -0.3 is 10.0 Å². The zero-order chi connectivity index (χ0) is 13.8. The third-order valence-electron chi connectivity index (χ3n) is 2.91. The first-order valence-corrected chi connectivity index (χ1v) is 6.91. The number of likely N-dealkylation sites (N-methyl/N-ethyl adjacent to an activating group) is 1. The average Bonchev–Trinajstić information content (AvgIpc) is 2.89. The van der Waals surface area contributed by atoms with Crippen LogP contribution < -0.4 is 4.90 Å². The monoisotopic (exact) mass is 276 g/mol. The molecule has 19 heavy (non-hydrogen) atoms. The highest BCUT2D eigenvalue weighted by atomic mass is 32.1. The number of hydrogen-bond acceptors (Lipinski definition) is 4. The largest absolute Gasteiger partial charge is 0.476 e. The van der Waals surface area contributed by atoms with Crippen LogP contribution in [0.25, 0.3) is 0 Å². The molecule has 1 atom stereocenters. The van der Waals surface area contributed by atoms with Crippen LogP contribution in [0.3, 0.4) is 0 Å². The normalized spacial score (nSPS) is 12.1. The van der Waals surface area contributed by atoms with Crippen LogP contribution in [-0.2, 0) is 0 Å². The SMILES string of the molecule is CC(CN(C)c1ccccc1)c1nc(C(=O)O)cs1. The molecule has 1 N–H and O–H groups in total. The number of benzene rings is 1. The Labute approximate surface area is 116 Å². The molecule has 0 amide bonds. The maximum absolute atomic E-state index is 10.8. The highest BCUT2D eigenvalue weighted by Crippen LogP contribution is 2.23. The van der Waals surface area contributed by atoms with E-state index < -0.39 is 5.97 Å². The molecular formula is C14H16N2O2S. The lowest BCUT2D eigenvalue weighted by Gasteiger charge is -2.22. The van der Waals surface area contributed by atoms with E-state index >= 15 is 0 Å². The number of aromatic nitrogens is 1. The lowest BCUT2D eigenvalue weighted by Crippen LogP contribution is -2.22. The second-order valence-corrected chi connectivity index (χ2v) is 5.38. The van der Waals surface area contributed by atoms with Crippen LogP contribution >= 0.6 is 11.3 Å². The molecule has 100 valence electrons. The van der Waals surface area contributed by atoms with E-state index in [1.54, 1.807) is 5.38 Å². The van der Waals surface area contributed by atoms with Gasteiger partial charge in [-0.2, -0.15) is 0 Å². The molecule has 0 saturated carbocycles. The summed E-state index contributed by atoms with van der Waals surface area (Å²) in [4.78, 5) is 17.1.